The van der Waals surface area contributed by atoms with Crippen LogP contribution in [0.25, 0.3) is 0 Å². The molecule has 6 saturated carbocycles. The smallest absolute Gasteiger partial charge is 0.310 e. The van der Waals surface area contributed by atoms with Crippen molar-refractivity contribution in [3.63, 3.8) is 0 Å². The van der Waals surface area contributed by atoms with Gasteiger partial charge in [0.2, 0.25) is 0 Å². The minimum absolute atomic E-state index is 0.0115. The van der Waals surface area contributed by atoms with Crippen LogP contribution in [0.15, 0.2) is 23.3 Å². The summed E-state index contributed by atoms with van der Waals surface area (Å²) >= 11 is 0. The zero-order valence-corrected chi connectivity index (χ0v) is 47.8. The number of carbonyl (C=O) groups excluding carboxylic acids is 1. The number of nitrogens with two attached hydrogens (primary N) is 2. The predicted molar refractivity (Wildman–Crippen MR) is 291 cm³/mol. The number of hydrogen-bond acceptors (Lipinski definition) is 7. The Morgan fingerprint density at radius 1 is 0.562 bits per heavy atom. The van der Waals surface area contributed by atoms with Crippen LogP contribution in [0.5, 0.6) is 0 Å². The van der Waals surface area contributed by atoms with Crippen LogP contribution in [0.3, 0.4) is 0 Å². The maximum atomic E-state index is 13.4. The number of fused-ring (bicyclic) bond motifs is 16. The van der Waals surface area contributed by atoms with Crippen molar-refractivity contribution >= 4 is 23.4 Å². The van der Waals surface area contributed by atoms with Crippen LogP contribution in [0.4, 0.5) is 11.6 Å². The Kier molecular flexibility index (Phi) is 11.1. The van der Waals surface area contributed by atoms with Crippen LogP contribution in [-0.2, 0) is 33.3 Å². The fourth-order valence-corrected chi connectivity index (χ4v) is 22.4. The molecule has 8 N–H and O–H groups in total. The highest BCUT2D eigenvalue weighted by molar-refractivity contribution is 5.87. The van der Waals surface area contributed by atoms with Gasteiger partial charge < -0.3 is 21.7 Å². The number of aromatic nitrogens is 4. The number of nitrogens with zero attached hydrogens (tertiary/aromatic N) is 2. The molecule has 6 unspecified atom stereocenters. The maximum absolute atomic E-state index is 13.4. The lowest BCUT2D eigenvalue weighted by Gasteiger charge is -2.70. The first kappa shape index (κ1) is 51.7. The molecule has 6 fully saturated rings. The molecule has 0 aromatic carbocycles. The van der Waals surface area contributed by atoms with Crippen LogP contribution in [0.2, 0.25) is 0 Å². The third kappa shape index (κ3) is 6.49. The number of aliphatic hydroxyl groups excluding tert-OH is 1. The van der Waals surface area contributed by atoms with Gasteiger partial charge >= 0.3 is 5.97 Å². The minimum Gasteiger partial charge on any atom is -0.481 e. The molecule has 0 saturated heterocycles. The van der Waals surface area contributed by atoms with E-state index in [1.54, 1.807) is 5.57 Å². The van der Waals surface area contributed by atoms with E-state index in [2.05, 4.69) is 129 Å². The van der Waals surface area contributed by atoms with Gasteiger partial charge in [0.15, 0.2) is 5.78 Å². The number of allylic oxidation sites excluding steroid dienone is 4. The molecule has 0 aliphatic heterocycles. The Bertz CT molecular complexity index is 2700. The van der Waals surface area contributed by atoms with Crippen molar-refractivity contribution < 1.29 is 19.8 Å². The highest BCUT2D eigenvalue weighted by atomic mass is 16.4. The maximum Gasteiger partial charge on any atom is 0.310 e. The van der Waals surface area contributed by atoms with Crippen molar-refractivity contribution in [3.8, 4) is 0 Å². The number of nitrogen functional groups attached to an aromatic ring is 2. The number of ketones is 1. The number of hydrogen-bond donors (Lipinski definition) is 6. The zero-order chi connectivity index (χ0) is 52.9. The van der Waals surface area contributed by atoms with Gasteiger partial charge in [-0.15, -0.1) is 0 Å². The van der Waals surface area contributed by atoms with E-state index in [0.717, 1.165) is 89.9 Å². The Morgan fingerprint density at radius 3 is 1.36 bits per heavy atom. The first-order valence-corrected chi connectivity index (χ1v) is 29.2. The van der Waals surface area contributed by atoms with Crippen molar-refractivity contribution in [2.24, 2.45) is 89.7 Å². The summed E-state index contributed by atoms with van der Waals surface area (Å²) in [5.74, 6) is 3.60. The van der Waals surface area contributed by atoms with E-state index in [4.69, 9.17) is 11.5 Å². The molecule has 0 radical (unpaired) electrons. The van der Waals surface area contributed by atoms with E-state index in [9.17, 15) is 19.8 Å². The second-order valence-electron chi connectivity index (χ2n) is 31.4. The van der Waals surface area contributed by atoms with Crippen molar-refractivity contribution in [2.75, 3.05) is 18.1 Å². The summed E-state index contributed by atoms with van der Waals surface area (Å²) in [7, 11) is 0. The standard InChI is InChI=1S/C32H49N3O2.C31H47N3O2/c1-27(2)12-14-32(24(37)18-36)15-13-30(6)20(21(32)17-27)8-9-23-29(5)16-19-25(34-35-26(19)33)28(3,4)22(29)10-11-31(23,30)7;1-26(2)12-14-31(25(35)36)15-13-29(6)19(20(31)17-26)8-9-22-28(5)16-18-23(33-34-24(18)32)27(3,4)21(28)10-11-30(22,29)7/h8,21-23,36H,9-18H2,1-7H3,(H3,33,34,35);8,20-22H,9-17H2,1-7H3,(H,35,36)(H3,32,33,34)/t21?,22?,23?,29-,30+,31+,32-;20?,21?,22?,28-,29+,30+,31-/m00/s1. The van der Waals surface area contributed by atoms with E-state index in [0.29, 0.717) is 35.3 Å². The molecule has 10 aliphatic carbocycles. The highest BCUT2D eigenvalue weighted by Gasteiger charge is 2.71. The molecule has 12 rings (SSSR count). The van der Waals surface area contributed by atoms with E-state index >= 15 is 0 Å². The summed E-state index contributed by atoms with van der Waals surface area (Å²) in [6, 6.07) is 0. The monoisotopic (exact) mass is 1000 g/mol. The molecular formula is C63H96N6O4. The molecule has 0 amide bonds. The van der Waals surface area contributed by atoms with Gasteiger partial charge in [-0.2, -0.15) is 10.2 Å². The zero-order valence-electron chi connectivity index (χ0n) is 47.8. The Labute approximate surface area is 438 Å². The number of carboxylic acid groups (broad SMARTS) is 1. The van der Waals surface area contributed by atoms with Gasteiger partial charge in [-0.1, -0.05) is 120 Å². The van der Waals surface area contributed by atoms with Crippen molar-refractivity contribution in [1.82, 2.24) is 20.4 Å². The Hall–Kier alpha value is -3.40. The molecule has 2 aromatic rings. The summed E-state index contributed by atoms with van der Waals surface area (Å²) in [6.07, 6.45) is 23.9. The molecule has 0 spiro atoms. The third-order valence-corrected chi connectivity index (χ3v) is 26.9. The molecule has 10 heteroatoms. The number of carboxylic acids is 1. The van der Waals surface area contributed by atoms with Gasteiger partial charge in [-0.05, 0) is 194 Å². The summed E-state index contributed by atoms with van der Waals surface area (Å²) in [5, 5.41) is 36.2. The largest absolute Gasteiger partial charge is 0.481 e. The molecule has 0 bridgehead atoms. The second kappa shape index (κ2) is 15.6. The number of nitrogens with one attached hydrogen (secondary N) is 2. The second-order valence-corrected chi connectivity index (χ2v) is 31.4. The van der Waals surface area contributed by atoms with Gasteiger partial charge in [0, 0.05) is 38.8 Å². The number of carbonyl (C=O) groups is 2. The SMILES string of the molecule is CC1(C)CC[C@]2(C(=O)CO)CC[C@]3(C)C(=CCC4[C@@]5(C)Cc6c(N)n[nH]c6C(C)(C)C5CC[C@]43C)C2C1.CC1(C)CC[C@]2(C(=O)O)CC[C@]3(C)C(=CCC4[C@@]5(C)Cc6c(N)n[nH]c6C(C)(C)C5CC[C@]43C)C2C1. The van der Waals surface area contributed by atoms with Crippen molar-refractivity contribution in [3.05, 3.63) is 45.8 Å². The average Bonchev–Trinajstić information content (AvgIpc) is 3.87. The normalized spacial score (nSPS) is 45.8. The van der Waals surface area contributed by atoms with Crippen LogP contribution in [0.1, 0.15) is 222 Å². The number of aliphatic hydroxyl groups is 1. The van der Waals surface area contributed by atoms with E-state index in [1.807, 2.05) is 0 Å². The van der Waals surface area contributed by atoms with E-state index < -0.39 is 11.4 Å². The number of anilines is 2. The molecular weight excluding hydrogens is 905 g/mol. The number of Topliss-reactive ketones (excluding diaryl/α,β-unsaturated/α-hetero) is 1. The fourth-order valence-electron chi connectivity index (χ4n) is 22.4. The average molecular weight is 1000 g/mol. The van der Waals surface area contributed by atoms with Crippen molar-refractivity contribution in [1.29, 1.82) is 0 Å². The van der Waals surface area contributed by atoms with Gasteiger partial charge in [-0.3, -0.25) is 19.8 Å². The van der Waals surface area contributed by atoms with Crippen molar-refractivity contribution in [2.45, 2.75) is 223 Å². The van der Waals surface area contributed by atoms with Gasteiger partial charge in [0.1, 0.15) is 18.2 Å². The topological polar surface area (TPSA) is 184 Å². The van der Waals surface area contributed by atoms with Crippen LogP contribution in [0, 0.1) is 89.7 Å². The minimum atomic E-state index is -0.571. The lowest BCUT2D eigenvalue weighted by molar-refractivity contribution is -0.177. The lowest BCUT2D eigenvalue weighted by atomic mass is 9.33. The summed E-state index contributed by atoms with van der Waals surface area (Å²) < 4.78 is 0. The summed E-state index contributed by atoms with van der Waals surface area (Å²) in [6.45, 7) is 34.1. The first-order valence-electron chi connectivity index (χ1n) is 29.2. The number of H-pyrrole nitrogens is 2. The predicted octanol–water partition coefficient (Wildman–Crippen LogP) is 13.3. The molecule has 73 heavy (non-hydrogen) atoms. The lowest BCUT2D eigenvalue weighted by Crippen LogP contribution is -2.65. The Morgan fingerprint density at radius 2 is 0.945 bits per heavy atom. The van der Waals surface area contributed by atoms with Gasteiger partial charge in [-0.25, -0.2) is 0 Å². The van der Waals surface area contributed by atoms with Gasteiger partial charge in [0.05, 0.1) is 5.41 Å². The fraction of sp³-hybridized carbons (Fsp3) is 0.810. The quantitative estimate of drug-likeness (QED) is 0.164. The van der Waals surface area contributed by atoms with E-state index in [1.165, 1.54) is 53.8 Å². The molecule has 402 valence electrons. The van der Waals surface area contributed by atoms with Crippen LogP contribution in [-0.4, -0.2) is 49.0 Å². The van der Waals surface area contributed by atoms with Crippen LogP contribution < -0.4 is 11.5 Å². The van der Waals surface area contributed by atoms with E-state index in [-0.39, 0.29) is 83.8 Å². The summed E-state index contributed by atoms with van der Waals surface area (Å²) in [4.78, 5) is 26.3. The molecule has 10 nitrogen and oxygen atoms in total. The molecule has 2 heterocycles. The van der Waals surface area contributed by atoms with Crippen LogP contribution >= 0.6 is 0 Å². The molecule has 14 atom stereocenters. The number of aliphatic carboxylic acids is 1. The third-order valence-electron chi connectivity index (χ3n) is 26.9. The summed E-state index contributed by atoms with van der Waals surface area (Å²) in [5.41, 5.74) is 21.2. The van der Waals surface area contributed by atoms with Gasteiger partial charge in [0.25, 0.3) is 0 Å². The Balaban J connectivity index is 0.000000157. The number of aromatic amines is 2. The highest BCUT2D eigenvalue weighted by Crippen LogP contribution is 2.78. The first-order chi connectivity index (χ1) is 33.8. The molecule has 10 aliphatic rings. The molecule has 2 aromatic heterocycles. The number of rotatable bonds is 3.